The van der Waals surface area contributed by atoms with E-state index in [2.05, 4.69) is 5.32 Å². The van der Waals surface area contributed by atoms with Crippen molar-refractivity contribution in [3.05, 3.63) is 39.4 Å². The third kappa shape index (κ3) is 3.61. The number of carbonyl (C=O) groups excluding carboxylic acids is 1. The summed E-state index contributed by atoms with van der Waals surface area (Å²) >= 11 is 0. The lowest BCUT2D eigenvalue weighted by molar-refractivity contribution is -0.385. The van der Waals surface area contributed by atoms with E-state index >= 15 is 0 Å². The Morgan fingerprint density at radius 2 is 2.14 bits per heavy atom. The molecule has 0 radical (unpaired) electrons. The Bertz CT molecular complexity index is 670. The Morgan fingerprint density at radius 3 is 2.73 bits per heavy atom. The molecular formula is C15H15N3O4. The van der Waals surface area contributed by atoms with Crippen LogP contribution in [-0.4, -0.2) is 22.0 Å². The SMILES string of the molecule is N#CC(=Cc1ccc(O)c([N+](=O)[O-])c1)C(=O)NC1CCCC1. The van der Waals surface area contributed by atoms with Crippen molar-refractivity contribution in [3.63, 3.8) is 0 Å². The van der Waals surface area contributed by atoms with Gasteiger partial charge in [-0.3, -0.25) is 14.9 Å². The minimum absolute atomic E-state index is 0.0819. The van der Waals surface area contributed by atoms with E-state index in [4.69, 9.17) is 5.26 Å². The number of phenols is 1. The van der Waals surface area contributed by atoms with Gasteiger partial charge in [0.1, 0.15) is 11.6 Å². The second-order valence-electron chi connectivity index (χ2n) is 5.13. The number of aromatic hydroxyl groups is 1. The van der Waals surface area contributed by atoms with Crippen molar-refractivity contribution in [3.8, 4) is 11.8 Å². The smallest absolute Gasteiger partial charge is 0.311 e. The van der Waals surface area contributed by atoms with Gasteiger partial charge in [0.25, 0.3) is 5.91 Å². The molecule has 7 nitrogen and oxygen atoms in total. The van der Waals surface area contributed by atoms with Crippen LogP contribution in [0.1, 0.15) is 31.2 Å². The predicted molar refractivity (Wildman–Crippen MR) is 78.7 cm³/mol. The molecule has 114 valence electrons. The number of nitriles is 1. The highest BCUT2D eigenvalue weighted by atomic mass is 16.6. The van der Waals surface area contributed by atoms with Gasteiger partial charge in [-0.2, -0.15) is 5.26 Å². The highest BCUT2D eigenvalue weighted by Gasteiger charge is 2.20. The fourth-order valence-corrected chi connectivity index (χ4v) is 2.43. The standard InChI is InChI=1S/C15H15N3O4/c16-9-11(15(20)17-12-3-1-2-4-12)7-10-5-6-14(19)13(8-10)18(21)22/h5-8,12,19H,1-4H2,(H,17,20). The first kappa shape index (κ1) is 15.5. The van der Waals surface area contributed by atoms with Crippen LogP contribution in [0.3, 0.4) is 0 Å². The first-order valence-electron chi connectivity index (χ1n) is 6.91. The van der Waals surface area contributed by atoms with Gasteiger partial charge in [0.2, 0.25) is 0 Å². The zero-order chi connectivity index (χ0) is 16.1. The number of benzene rings is 1. The summed E-state index contributed by atoms with van der Waals surface area (Å²) in [5.74, 6) is -0.943. The Labute approximate surface area is 127 Å². The van der Waals surface area contributed by atoms with E-state index in [-0.39, 0.29) is 11.6 Å². The molecule has 22 heavy (non-hydrogen) atoms. The van der Waals surface area contributed by atoms with Crippen LogP contribution in [0.2, 0.25) is 0 Å². The maximum absolute atomic E-state index is 12.0. The molecular weight excluding hydrogens is 286 g/mol. The van der Waals surface area contributed by atoms with Gasteiger partial charge in [-0.05, 0) is 30.5 Å². The number of nitrogens with one attached hydrogen (secondary N) is 1. The highest BCUT2D eigenvalue weighted by molar-refractivity contribution is 6.01. The lowest BCUT2D eigenvalue weighted by atomic mass is 10.1. The van der Waals surface area contributed by atoms with Gasteiger partial charge in [-0.15, -0.1) is 0 Å². The number of nitrogens with zero attached hydrogens (tertiary/aromatic N) is 2. The number of carbonyl (C=O) groups is 1. The average molecular weight is 301 g/mol. The Balaban J connectivity index is 2.21. The van der Waals surface area contributed by atoms with Gasteiger partial charge < -0.3 is 10.4 Å². The molecule has 0 heterocycles. The fraction of sp³-hybridized carbons (Fsp3) is 0.333. The van der Waals surface area contributed by atoms with Gasteiger partial charge in [-0.1, -0.05) is 18.9 Å². The third-order valence-corrected chi connectivity index (χ3v) is 3.56. The quantitative estimate of drug-likeness (QED) is 0.383. The van der Waals surface area contributed by atoms with Crippen LogP contribution >= 0.6 is 0 Å². The van der Waals surface area contributed by atoms with Gasteiger partial charge >= 0.3 is 5.69 Å². The summed E-state index contributed by atoms with van der Waals surface area (Å²) in [6, 6.07) is 5.57. The molecule has 1 amide bonds. The highest BCUT2D eigenvalue weighted by Crippen LogP contribution is 2.27. The molecule has 0 aliphatic heterocycles. The topological polar surface area (TPSA) is 116 Å². The van der Waals surface area contributed by atoms with Crippen molar-refractivity contribution in [1.82, 2.24) is 5.32 Å². The minimum atomic E-state index is -0.725. The summed E-state index contributed by atoms with van der Waals surface area (Å²) in [7, 11) is 0. The van der Waals surface area contributed by atoms with Crippen molar-refractivity contribution in [2.45, 2.75) is 31.7 Å². The second kappa shape index (κ2) is 6.72. The first-order chi connectivity index (χ1) is 10.5. The van der Waals surface area contributed by atoms with Crippen LogP contribution in [0.4, 0.5) is 5.69 Å². The molecule has 0 bridgehead atoms. The van der Waals surface area contributed by atoms with Gasteiger partial charge in [0.15, 0.2) is 5.75 Å². The van der Waals surface area contributed by atoms with E-state index in [9.17, 15) is 20.0 Å². The third-order valence-electron chi connectivity index (χ3n) is 3.56. The number of amides is 1. The maximum Gasteiger partial charge on any atom is 0.311 e. The fourth-order valence-electron chi connectivity index (χ4n) is 2.43. The van der Waals surface area contributed by atoms with E-state index in [1.807, 2.05) is 0 Å². The molecule has 1 aromatic carbocycles. The molecule has 0 unspecified atom stereocenters. The zero-order valence-corrected chi connectivity index (χ0v) is 11.8. The normalized spacial score (nSPS) is 15.3. The molecule has 0 atom stereocenters. The van der Waals surface area contributed by atoms with Gasteiger partial charge in [0.05, 0.1) is 4.92 Å². The van der Waals surface area contributed by atoms with E-state index in [0.29, 0.717) is 5.56 Å². The number of phenolic OH excluding ortho intramolecular Hbond substituents is 1. The number of rotatable bonds is 4. The van der Waals surface area contributed by atoms with Gasteiger partial charge in [-0.25, -0.2) is 0 Å². The van der Waals surface area contributed by atoms with Crippen LogP contribution in [0, 0.1) is 21.4 Å². The summed E-state index contributed by atoms with van der Waals surface area (Å²) in [6.07, 6.45) is 5.18. The molecule has 1 fully saturated rings. The molecule has 7 heteroatoms. The lowest BCUT2D eigenvalue weighted by Crippen LogP contribution is -2.33. The lowest BCUT2D eigenvalue weighted by Gasteiger charge is -2.10. The van der Waals surface area contributed by atoms with Gasteiger partial charge in [0, 0.05) is 12.1 Å². The predicted octanol–water partition coefficient (Wildman–Crippen LogP) is 2.27. The van der Waals surface area contributed by atoms with E-state index in [1.165, 1.54) is 12.1 Å². The first-order valence-corrected chi connectivity index (χ1v) is 6.91. The second-order valence-corrected chi connectivity index (χ2v) is 5.13. The van der Waals surface area contributed by atoms with Crippen molar-refractivity contribution in [2.75, 3.05) is 0 Å². The van der Waals surface area contributed by atoms with Crippen molar-refractivity contribution < 1.29 is 14.8 Å². The Kier molecular flexibility index (Phi) is 4.73. The molecule has 2 rings (SSSR count). The number of hydrogen-bond acceptors (Lipinski definition) is 5. The van der Waals surface area contributed by atoms with Crippen LogP contribution in [-0.2, 0) is 4.79 Å². The van der Waals surface area contributed by atoms with E-state index < -0.39 is 22.3 Å². The van der Waals surface area contributed by atoms with Crippen LogP contribution in [0.15, 0.2) is 23.8 Å². The number of nitro benzene ring substituents is 1. The van der Waals surface area contributed by atoms with Crippen molar-refractivity contribution in [1.29, 1.82) is 5.26 Å². The summed E-state index contributed by atoms with van der Waals surface area (Å²) in [4.78, 5) is 22.1. The monoisotopic (exact) mass is 301 g/mol. The molecule has 1 saturated carbocycles. The van der Waals surface area contributed by atoms with E-state index in [1.54, 1.807) is 6.07 Å². The van der Waals surface area contributed by atoms with Crippen LogP contribution in [0.25, 0.3) is 6.08 Å². The molecule has 1 aliphatic rings. The molecule has 0 saturated heterocycles. The molecule has 0 aromatic heterocycles. The average Bonchev–Trinajstić information content (AvgIpc) is 2.98. The molecule has 1 aromatic rings. The van der Waals surface area contributed by atoms with Crippen LogP contribution < -0.4 is 5.32 Å². The maximum atomic E-state index is 12.0. The summed E-state index contributed by atoms with van der Waals surface area (Å²) in [5, 5.41) is 32.1. The minimum Gasteiger partial charge on any atom is -0.502 e. The molecule has 0 spiro atoms. The van der Waals surface area contributed by atoms with E-state index in [0.717, 1.165) is 37.8 Å². The summed E-state index contributed by atoms with van der Waals surface area (Å²) in [6.45, 7) is 0. The van der Waals surface area contributed by atoms with Crippen molar-refractivity contribution >= 4 is 17.7 Å². The van der Waals surface area contributed by atoms with Crippen LogP contribution in [0.5, 0.6) is 5.75 Å². The largest absolute Gasteiger partial charge is 0.502 e. The summed E-state index contributed by atoms with van der Waals surface area (Å²) in [5.41, 5.74) is -0.281. The Hall–Kier alpha value is -2.88. The molecule has 1 aliphatic carbocycles. The molecule has 2 N–H and O–H groups in total. The van der Waals surface area contributed by atoms with Crippen molar-refractivity contribution in [2.24, 2.45) is 0 Å². The Morgan fingerprint density at radius 1 is 1.45 bits per heavy atom. The number of nitro groups is 1. The number of hydrogen-bond donors (Lipinski definition) is 2. The summed E-state index contributed by atoms with van der Waals surface area (Å²) < 4.78 is 0. The zero-order valence-electron chi connectivity index (χ0n) is 11.8.